The average Bonchev–Trinajstić information content (AvgIpc) is 2.72. The summed E-state index contributed by atoms with van der Waals surface area (Å²) in [4.78, 5) is 24.2. The molecule has 5 heteroatoms. The van der Waals surface area contributed by atoms with E-state index in [2.05, 4.69) is 6.92 Å². The molecule has 0 aliphatic carbocycles. The van der Waals surface area contributed by atoms with E-state index in [1.165, 1.54) is 18.2 Å². The van der Waals surface area contributed by atoms with Crippen LogP contribution in [-0.2, 0) is 4.79 Å². The fourth-order valence-electron chi connectivity index (χ4n) is 3.51. The third-order valence-electron chi connectivity index (χ3n) is 4.94. The Hall–Kier alpha value is -2.40. The molecule has 3 aromatic rings. The molecule has 1 atom stereocenters. The second-order valence-electron chi connectivity index (χ2n) is 7.11. The van der Waals surface area contributed by atoms with Crippen molar-refractivity contribution in [2.75, 3.05) is 18.8 Å². The van der Waals surface area contributed by atoms with E-state index in [0.717, 1.165) is 41.0 Å². The Labute approximate surface area is 164 Å². The van der Waals surface area contributed by atoms with E-state index in [4.69, 9.17) is 9.97 Å². The first kappa shape index (κ1) is 18.0. The topological polar surface area (TPSA) is 46.1 Å². The van der Waals surface area contributed by atoms with Crippen LogP contribution in [0.15, 0.2) is 59.6 Å². The predicted octanol–water partition coefficient (Wildman–Crippen LogP) is 4.65. The van der Waals surface area contributed by atoms with Gasteiger partial charge in [0.15, 0.2) is 5.82 Å². The molecule has 1 saturated heterocycles. The van der Waals surface area contributed by atoms with Crippen molar-refractivity contribution in [2.24, 2.45) is 5.92 Å². The molecule has 138 valence electrons. The number of carbonyl (C=O) groups excluding carboxylic acids is 1. The molecule has 1 fully saturated rings. The Morgan fingerprint density at radius 2 is 1.89 bits per heavy atom. The van der Waals surface area contributed by atoms with E-state index in [0.29, 0.717) is 17.5 Å². The Morgan fingerprint density at radius 1 is 1.11 bits per heavy atom. The molecule has 0 spiro atoms. The number of piperidine rings is 1. The van der Waals surface area contributed by atoms with Crippen LogP contribution in [0.3, 0.4) is 0 Å². The van der Waals surface area contributed by atoms with Gasteiger partial charge in [0.2, 0.25) is 5.91 Å². The number of rotatable bonds is 4. The van der Waals surface area contributed by atoms with Gasteiger partial charge in [0.25, 0.3) is 0 Å². The van der Waals surface area contributed by atoms with Crippen LogP contribution in [0, 0.1) is 5.92 Å². The van der Waals surface area contributed by atoms with E-state index < -0.39 is 0 Å². The number of amides is 1. The zero-order valence-corrected chi connectivity index (χ0v) is 16.3. The van der Waals surface area contributed by atoms with Gasteiger partial charge in [0, 0.05) is 24.0 Å². The molecule has 4 nitrogen and oxygen atoms in total. The minimum atomic E-state index is 0.204. The van der Waals surface area contributed by atoms with Crippen molar-refractivity contribution in [3.63, 3.8) is 0 Å². The number of benzene rings is 2. The summed E-state index contributed by atoms with van der Waals surface area (Å²) in [5, 5.41) is 1.87. The van der Waals surface area contributed by atoms with Crippen molar-refractivity contribution in [3.8, 4) is 11.4 Å². The molecular formula is C22H23N3OS. The van der Waals surface area contributed by atoms with Crippen molar-refractivity contribution in [3.05, 3.63) is 54.6 Å². The lowest BCUT2D eigenvalue weighted by Crippen LogP contribution is -2.40. The van der Waals surface area contributed by atoms with Crippen LogP contribution in [0.4, 0.5) is 0 Å². The molecule has 27 heavy (non-hydrogen) atoms. The number of fused-ring (bicyclic) bond motifs is 1. The highest BCUT2D eigenvalue weighted by Crippen LogP contribution is 2.29. The maximum atomic E-state index is 12.7. The summed E-state index contributed by atoms with van der Waals surface area (Å²) in [6.45, 7) is 3.97. The van der Waals surface area contributed by atoms with Crippen LogP contribution >= 0.6 is 11.8 Å². The van der Waals surface area contributed by atoms with Crippen molar-refractivity contribution in [2.45, 2.75) is 24.8 Å². The highest BCUT2D eigenvalue weighted by molar-refractivity contribution is 8.00. The normalized spacial score (nSPS) is 17.2. The Balaban J connectivity index is 1.59. The number of hydrogen-bond donors (Lipinski definition) is 0. The molecule has 0 bridgehead atoms. The summed E-state index contributed by atoms with van der Waals surface area (Å²) in [5.74, 6) is 1.92. The van der Waals surface area contributed by atoms with Crippen molar-refractivity contribution in [1.82, 2.24) is 14.9 Å². The van der Waals surface area contributed by atoms with E-state index in [1.807, 2.05) is 59.5 Å². The largest absolute Gasteiger partial charge is 0.342 e. The molecule has 2 heterocycles. The van der Waals surface area contributed by atoms with Crippen LogP contribution in [-0.4, -0.2) is 39.6 Å². The van der Waals surface area contributed by atoms with Crippen LogP contribution in [0.1, 0.15) is 19.8 Å². The quantitative estimate of drug-likeness (QED) is 0.490. The maximum Gasteiger partial charge on any atom is 0.232 e. The van der Waals surface area contributed by atoms with Crippen molar-refractivity contribution >= 4 is 28.6 Å². The van der Waals surface area contributed by atoms with Gasteiger partial charge in [0.05, 0.1) is 11.3 Å². The first-order valence-corrected chi connectivity index (χ1v) is 10.4. The van der Waals surface area contributed by atoms with Crippen molar-refractivity contribution < 1.29 is 4.79 Å². The standard InChI is InChI=1S/C22H23N3OS/c1-16-8-7-13-25(14-16)20(26)15-27-22-18-11-5-6-12-19(18)23-21(24-22)17-9-3-2-4-10-17/h2-6,9-12,16H,7-8,13-15H2,1H3. The monoisotopic (exact) mass is 377 g/mol. The first-order valence-electron chi connectivity index (χ1n) is 9.43. The van der Waals surface area contributed by atoms with E-state index >= 15 is 0 Å². The molecule has 0 saturated carbocycles. The van der Waals surface area contributed by atoms with Gasteiger partial charge in [-0.25, -0.2) is 9.97 Å². The SMILES string of the molecule is CC1CCCN(C(=O)CSc2nc(-c3ccccc3)nc3ccccc23)C1. The Bertz CT molecular complexity index is 945. The lowest BCUT2D eigenvalue weighted by molar-refractivity contribution is -0.130. The fourth-order valence-corrected chi connectivity index (χ4v) is 4.43. The van der Waals surface area contributed by atoms with Crippen LogP contribution in [0.2, 0.25) is 0 Å². The van der Waals surface area contributed by atoms with Crippen LogP contribution in [0.5, 0.6) is 0 Å². The summed E-state index contributed by atoms with van der Waals surface area (Å²) in [6.07, 6.45) is 2.32. The van der Waals surface area contributed by atoms with Gasteiger partial charge < -0.3 is 4.90 Å². The van der Waals surface area contributed by atoms with Crippen LogP contribution in [0.25, 0.3) is 22.3 Å². The summed E-state index contributed by atoms with van der Waals surface area (Å²) < 4.78 is 0. The van der Waals surface area contributed by atoms with Crippen LogP contribution < -0.4 is 0 Å². The maximum absolute atomic E-state index is 12.7. The lowest BCUT2D eigenvalue weighted by Gasteiger charge is -2.30. The van der Waals surface area contributed by atoms with Gasteiger partial charge in [-0.2, -0.15) is 0 Å². The molecule has 4 rings (SSSR count). The molecule has 0 N–H and O–H groups in total. The summed E-state index contributed by atoms with van der Waals surface area (Å²) in [7, 11) is 0. The van der Waals surface area contributed by atoms with E-state index in [1.54, 1.807) is 0 Å². The van der Waals surface area contributed by atoms with E-state index in [9.17, 15) is 4.79 Å². The number of para-hydroxylation sites is 1. The minimum absolute atomic E-state index is 0.204. The second kappa shape index (κ2) is 8.09. The third kappa shape index (κ3) is 4.14. The first-order chi connectivity index (χ1) is 13.2. The molecule has 1 aliphatic heterocycles. The molecule has 0 radical (unpaired) electrons. The van der Waals surface area contributed by atoms with Gasteiger partial charge in [-0.15, -0.1) is 0 Å². The van der Waals surface area contributed by atoms with Crippen molar-refractivity contribution in [1.29, 1.82) is 0 Å². The highest BCUT2D eigenvalue weighted by Gasteiger charge is 2.21. The molecule has 1 unspecified atom stereocenters. The summed E-state index contributed by atoms with van der Waals surface area (Å²) >= 11 is 1.52. The number of hydrogen-bond acceptors (Lipinski definition) is 4. The number of nitrogens with zero attached hydrogens (tertiary/aromatic N) is 3. The summed E-state index contributed by atoms with van der Waals surface area (Å²) in [6, 6.07) is 18.0. The van der Waals surface area contributed by atoms with Gasteiger partial charge >= 0.3 is 0 Å². The third-order valence-corrected chi connectivity index (χ3v) is 5.92. The number of thioether (sulfide) groups is 1. The number of aromatic nitrogens is 2. The molecular weight excluding hydrogens is 354 g/mol. The highest BCUT2D eigenvalue weighted by atomic mass is 32.2. The Kier molecular flexibility index (Phi) is 5.39. The Morgan fingerprint density at radius 3 is 2.70 bits per heavy atom. The summed E-state index contributed by atoms with van der Waals surface area (Å²) in [5.41, 5.74) is 1.90. The zero-order chi connectivity index (χ0) is 18.6. The molecule has 2 aromatic carbocycles. The fraction of sp³-hybridized carbons (Fsp3) is 0.318. The van der Waals surface area contributed by atoms with Gasteiger partial charge in [-0.1, -0.05) is 67.2 Å². The van der Waals surface area contributed by atoms with E-state index in [-0.39, 0.29) is 5.91 Å². The second-order valence-corrected chi connectivity index (χ2v) is 8.08. The molecule has 1 aliphatic rings. The molecule has 1 aromatic heterocycles. The molecule has 1 amide bonds. The average molecular weight is 378 g/mol. The smallest absolute Gasteiger partial charge is 0.232 e. The van der Waals surface area contributed by atoms with Gasteiger partial charge in [-0.05, 0) is 24.8 Å². The van der Waals surface area contributed by atoms with Gasteiger partial charge in [-0.3, -0.25) is 4.79 Å². The minimum Gasteiger partial charge on any atom is -0.342 e. The predicted molar refractivity (Wildman–Crippen MR) is 111 cm³/mol. The lowest BCUT2D eigenvalue weighted by atomic mass is 10.0. The number of likely N-dealkylation sites (tertiary alicyclic amines) is 1. The number of carbonyl (C=O) groups is 1. The van der Waals surface area contributed by atoms with Gasteiger partial charge in [0.1, 0.15) is 5.03 Å². The zero-order valence-electron chi connectivity index (χ0n) is 15.5.